The van der Waals surface area contributed by atoms with Gasteiger partial charge in [0.2, 0.25) is 0 Å². The third-order valence-electron chi connectivity index (χ3n) is 5.96. The zero-order chi connectivity index (χ0) is 28.0. The van der Waals surface area contributed by atoms with Gasteiger partial charge in [-0.05, 0) is 21.5 Å². The minimum absolute atomic E-state index is 0.209. The van der Waals surface area contributed by atoms with Gasteiger partial charge < -0.3 is 30.6 Å². The quantitative estimate of drug-likeness (QED) is 0.205. The SMILES string of the molecule is O=C(O)c1c(C(=O)O)c(-c2c(C(=O)O)c(C(=O)O)c(C(=O)O)c3ccccc23)c2ccccc2c1C(=O)O. The van der Waals surface area contributed by atoms with Crippen molar-refractivity contribution in [1.82, 2.24) is 0 Å². The van der Waals surface area contributed by atoms with E-state index in [2.05, 4.69) is 0 Å². The highest BCUT2D eigenvalue weighted by Crippen LogP contribution is 2.45. The second kappa shape index (κ2) is 9.02. The maximum Gasteiger partial charge on any atom is 0.337 e. The summed E-state index contributed by atoms with van der Waals surface area (Å²) in [5.41, 5.74) is -7.50. The van der Waals surface area contributed by atoms with Gasteiger partial charge in [-0.15, -0.1) is 0 Å². The lowest BCUT2D eigenvalue weighted by atomic mass is 9.80. The van der Waals surface area contributed by atoms with Crippen LogP contribution in [0.5, 0.6) is 0 Å². The van der Waals surface area contributed by atoms with Gasteiger partial charge in [0.25, 0.3) is 0 Å². The monoisotopic (exact) mass is 518 g/mol. The largest absolute Gasteiger partial charge is 0.478 e. The standard InChI is InChI=1S/C26H14O12/c27-21(28)15-11-7-3-1-5-9(11)13(17(23(31)32)19(15)25(35)36)14-10-6-2-4-8-12(10)16(22(29)30)20(26(37)38)18(14)24(33)34/h1-8H,(H,27,28)(H,29,30)(H,31,32)(H,33,34)(H,35,36)(H,37,38). The van der Waals surface area contributed by atoms with E-state index < -0.39 is 80.3 Å². The van der Waals surface area contributed by atoms with Crippen molar-refractivity contribution in [3.05, 3.63) is 81.9 Å². The fraction of sp³-hybridized carbons (Fsp3) is 0. The van der Waals surface area contributed by atoms with Crippen molar-refractivity contribution < 1.29 is 59.4 Å². The summed E-state index contributed by atoms with van der Waals surface area (Å²) in [5.74, 6) is -11.3. The molecule has 6 N–H and O–H groups in total. The molecule has 0 aliphatic heterocycles. The van der Waals surface area contributed by atoms with E-state index in [4.69, 9.17) is 0 Å². The van der Waals surface area contributed by atoms with Gasteiger partial charge in [-0.1, -0.05) is 48.5 Å². The molecule has 0 unspecified atom stereocenters. The van der Waals surface area contributed by atoms with Crippen LogP contribution < -0.4 is 0 Å². The lowest BCUT2D eigenvalue weighted by Gasteiger charge is -2.21. The lowest BCUT2D eigenvalue weighted by Crippen LogP contribution is -2.20. The molecule has 0 amide bonds. The van der Waals surface area contributed by atoms with Crippen LogP contribution >= 0.6 is 0 Å². The minimum Gasteiger partial charge on any atom is -0.478 e. The summed E-state index contributed by atoms with van der Waals surface area (Å²) in [6.45, 7) is 0. The second-order valence-electron chi connectivity index (χ2n) is 7.92. The third-order valence-corrected chi connectivity index (χ3v) is 5.96. The number of hydrogen-bond donors (Lipinski definition) is 6. The minimum atomic E-state index is -1.95. The molecular formula is C26H14O12. The fourth-order valence-electron chi connectivity index (χ4n) is 4.70. The van der Waals surface area contributed by atoms with E-state index in [-0.39, 0.29) is 21.5 Å². The predicted octanol–water partition coefficient (Wildman–Crippen LogP) is 3.85. The van der Waals surface area contributed by atoms with Crippen LogP contribution in [0.15, 0.2) is 48.5 Å². The molecule has 38 heavy (non-hydrogen) atoms. The molecule has 0 saturated carbocycles. The van der Waals surface area contributed by atoms with Crippen LogP contribution in [0, 0.1) is 0 Å². The van der Waals surface area contributed by atoms with Gasteiger partial charge in [-0.3, -0.25) is 0 Å². The highest BCUT2D eigenvalue weighted by atomic mass is 16.4. The molecule has 0 spiro atoms. The molecular weight excluding hydrogens is 504 g/mol. The number of carbonyl (C=O) groups is 6. The van der Waals surface area contributed by atoms with Crippen LogP contribution in [0.25, 0.3) is 32.7 Å². The number of aromatic carboxylic acids is 6. The van der Waals surface area contributed by atoms with Gasteiger partial charge in [0.1, 0.15) is 0 Å². The Labute approximate surface area is 210 Å². The molecule has 0 atom stereocenters. The van der Waals surface area contributed by atoms with Crippen LogP contribution in [0.2, 0.25) is 0 Å². The first-order valence-electron chi connectivity index (χ1n) is 10.5. The summed E-state index contributed by atoms with van der Waals surface area (Å²) in [5, 5.41) is 58.8. The molecule has 0 aromatic heterocycles. The van der Waals surface area contributed by atoms with Gasteiger partial charge in [0, 0.05) is 11.1 Å². The number of hydrogen-bond acceptors (Lipinski definition) is 6. The Morgan fingerprint density at radius 2 is 0.579 bits per heavy atom. The van der Waals surface area contributed by atoms with E-state index in [9.17, 15) is 59.4 Å². The normalized spacial score (nSPS) is 10.8. The van der Waals surface area contributed by atoms with E-state index in [1.165, 1.54) is 48.5 Å². The highest BCUT2D eigenvalue weighted by Gasteiger charge is 2.37. The fourth-order valence-corrected chi connectivity index (χ4v) is 4.70. The van der Waals surface area contributed by atoms with Gasteiger partial charge in [-0.2, -0.15) is 0 Å². The van der Waals surface area contributed by atoms with Gasteiger partial charge >= 0.3 is 35.8 Å². The average Bonchev–Trinajstić information content (AvgIpc) is 2.84. The average molecular weight is 518 g/mol. The molecule has 0 bridgehead atoms. The summed E-state index contributed by atoms with van der Waals surface area (Å²) in [7, 11) is 0. The molecule has 0 aliphatic rings. The number of fused-ring (bicyclic) bond motifs is 2. The predicted molar refractivity (Wildman–Crippen MR) is 129 cm³/mol. The van der Waals surface area contributed by atoms with Crippen molar-refractivity contribution in [2.45, 2.75) is 0 Å². The molecule has 4 aromatic rings. The molecule has 0 radical (unpaired) electrons. The van der Waals surface area contributed by atoms with Gasteiger partial charge in [0.15, 0.2) is 0 Å². The summed E-state index contributed by atoms with van der Waals surface area (Å²) >= 11 is 0. The molecule has 0 fully saturated rings. The van der Waals surface area contributed by atoms with E-state index in [1.807, 2.05) is 0 Å². The molecule has 0 aliphatic carbocycles. The Morgan fingerprint density at radius 1 is 0.342 bits per heavy atom. The molecule has 12 nitrogen and oxygen atoms in total. The molecule has 190 valence electrons. The van der Waals surface area contributed by atoms with Crippen LogP contribution in [0.4, 0.5) is 0 Å². The molecule has 0 saturated heterocycles. The van der Waals surface area contributed by atoms with Crippen molar-refractivity contribution in [2.24, 2.45) is 0 Å². The Bertz CT molecular complexity index is 1650. The number of benzene rings is 4. The van der Waals surface area contributed by atoms with Gasteiger partial charge in [-0.25, -0.2) is 28.8 Å². The second-order valence-corrected chi connectivity index (χ2v) is 7.92. The first-order chi connectivity index (χ1) is 17.9. The zero-order valence-electron chi connectivity index (χ0n) is 18.8. The smallest absolute Gasteiger partial charge is 0.337 e. The lowest BCUT2D eigenvalue weighted by molar-refractivity contribution is 0.0632. The van der Waals surface area contributed by atoms with E-state index in [0.29, 0.717) is 0 Å². The summed E-state index contributed by atoms with van der Waals surface area (Å²) in [4.78, 5) is 73.8. The Balaban J connectivity index is 2.52. The van der Waals surface area contributed by atoms with Crippen molar-refractivity contribution in [3.8, 4) is 11.1 Å². The number of carboxylic acids is 6. The highest BCUT2D eigenvalue weighted by molar-refractivity contribution is 6.28. The topological polar surface area (TPSA) is 224 Å². The maximum absolute atomic E-state index is 12.5. The Morgan fingerprint density at radius 3 is 0.816 bits per heavy atom. The van der Waals surface area contributed by atoms with E-state index in [0.717, 1.165) is 0 Å². The summed E-state index contributed by atoms with van der Waals surface area (Å²) < 4.78 is 0. The molecule has 4 aromatic carbocycles. The van der Waals surface area contributed by atoms with E-state index in [1.54, 1.807) is 0 Å². The third kappa shape index (κ3) is 3.64. The van der Waals surface area contributed by atoms with Crippen molar-refractivity contribution >= 4 is 57.4 Å². The van der Waals surface area contributed by atoms with Crippen molar-refractivity contribution in [2.75, 3.05) is 0 Å². The van der Waals surface area contributed by atoms with Crippen LogP contribution in [-0.4, -0.2) is 66.5 Å². The molecule has 12 heteroatoms. The van der Waals surface area contributed by atoms with Crippen molar-refractivity contribution in [3.63, 3.8) is 0 Å². The Hall–Kier alpha value is -5.78. The summed E-state index contributed by atoms with van der Waals surface area (Å²) in [6.07, 6.45) is 0. The van der Waals surface area contributed by atoms with Crippen molar-refractivity contribution in [1.29, 1.82) is 0 Å². The Kier molecular flexibility index (Phi) is 6.01. The number of carboxylic acid groups (broad SMARTS) is 6. The van der Waals surface area contributed by atoms with Crippen LogP contribution in [-0.2, 0) is 0 Å². The van der Waals surface area contributed by atoms with Crippen LogP contribution in [0.3, 0.4) is 0 Å². The maximum atomic E-state index is 12.5. The zero-order valence-corrected chi connectivity index (χ0v) is 18.8. The summed E-state index contributed by atoms with van der Waals surface area (Å²) in [6, 6.07) is 10.2. The van der Waals surface area contributed by atoms with Gasteiger partial charge in [0.05, 0.1) is 33.4 Å². The molecule has 4 rings (SSSR count). The number of rotatable bonds is 7. The first-order valence-corrected chi connectivity index (χ1v) is 10.5. The molecule has 0 heterocycles. The van der Waals surface area contributed by atoms with E-state index >= 15 is 0 Å². The first kappa shape index (κ1) is 25.3. The van der Waals surface area contributed by atoms with Crippen LogP contribution in [0.1, 0.15) is 62.1 Å².